The molecule has 41 heavy (non-hydrogen) atoms. The molecule has 0 saturated carbocycles. The molecule has 1 atom stereocenters. The number of imidazole rings is 1. The lowest BCUT2D eigenvalue weighted by Gasteiger charge is -2.34. The van der Waals surface area contributed by atoms with Crippen LogP contribution in [-0.2, 0) is 20.8 Å². The van der Waals surface area contributed by atoms with Gasteiger partial charge in [0, 0.05) is 31.4 Å². The molecule has 2 aromatic heterocycles. The van der Waals surface area contributed by atoms with Gasteiger partial charge in [-0.25, -0.2) is 9.78 Å². The molecule has 1 aromatic carbocycles. The number of aromatic nitrogens is 3. The van der Waals surface area contributed by atoms with E-state index in [-0.39, 0.29) is 18.4 Å². The van der Waals surface area contributed by atoms with Crippen LogP contribution in [0, 0.1) is 6.92 Å². The maximum atomic E-state index is 12.5. The average molecular weight is 566 g/mol. The Labute approximate surface area is 242 Å². The highest BCUT2D eigenvalue weighted by Crippen LogP contribution is 2.27. The number of nitrogens with one attached hydrogen (secondary N) is 1. The molecule has 10 heteroatoms. The molecule has 2 aliphatic rings. The summed E-state index contributed by atoms with van der Waals surface area (Å²) in [6.45, 7) is 11.1. The van der Waals surface area contributed by atoms with Crippen molar-refractivity contribution in [3.8, 4) is 5.75 Å². The lowest BCUT2D eigenvalue weighted by atomic mass is 10.1. The van der Waals surface area contributed by atoms with Crippen molar-refractivity contribution in [3.05, 3.63) is 47.8 Å². The molecule has 0 bridgehead atoms. The van der Waals surface area contributed by atoms with Gasteiger partial charge in [0.2, 0.25) is 5.95 Å². The van der Waals surface area contributed by atoms with Gasteiger partial charge in [-0.2, -0.15) is 0 Å². The number of carbonyl (C=O) groups excluding carboxylic acids is 1. The minimum atomic E-state index is -0.500. The third-order valence-corrected chi connectivity index (χ3v) is 7.30. The number of aryl methyl sites for hydroxylation is 1. The van der Waals surface area contributed by atoms with Gasteiger partial charge in [-0.1, -0.05) is 12.1 Å². The minimum absolute atomic E-state index is 0.134. The number of ether oxygens (including phenoxy) is 4. The van der Waals surface area contributed by atoms with E-state index in [0.29, 0.717) is 32.8 Å². The first kappa shape index (κ1) is 29.1. The smallest absolute Gasteiger partial charge is 0.410 e. The van der Waals surface area contributed by atoms with Crippen LogP contribution in [0.3, 0.4) is 0 Å². The summed E-state index contributed by atoms with van der Waals surface area (Å²) in [4.78, 5) is 24.1. The summed E-state index contributed by atoms with van der Waals surface area (Å²) in [7, 11) is 0. The SMILES string of the molecule is Cc1ccc(OCCOC2CCCCO2)c(Cn2c(NC3CCN(C(=O)OC(C)(C)C)CC3)nc3ccccc32)n1. The maximum absolute atomic E-state index is 12.5. The predicted molar refractivity (Wildman–Crippen MR) is 157 cm³/mol. The van der Waals surface area contributed by atoms with Crippen molar-refractivity contribution in [1.29, 1.82) is 0 Å². The topological polar surface area (TPSA) is 100.0 Å². The normalized spacial score (nSPS) is 18.4. The number of amides is 1. The predicted octanol–water partition coefficient (Wildman–Crippen LogP) is 5.52. The van der Waals surface area contributed by atoms with E-state index < -0.39 is 5.60 Å². The summed E-state index contributed by atoms with van der Waals surface area (Å²) in [5.41, 5.74) is 3.20. The van der Waals surface area contributed by atoms with Crippen molar-refractivity contribution in [3.63, 3.8) is 0 Å². The molecule has 10 nitrogen and oxygen atoms in total. The van der Waals surface area contributed by atoms with Gasteiger partial charge in [0.25, 0.3) is 0 Å². The minimum Gasteiger partial charge on any atom is -0.489 e. The molecule has 3 aromatic rings. The fourth-order valence-electron chi connectivity index (χ4n) is 5.23. The fourth-order valence-corrected chi connectivity index (χ4v) is 5.23. The van der Waals surface area contributed by atoms with Gasteiger partial charge in [0.1, 0.15) is 23.7 Å². The second-order valence-electron chi connectivity index (χ2n) is 11.8. The van der Waals surface area contributed by atoms with Crippen molar-refractivity contribution in [1.82, 2.24) is 19.4 Å². The van der Waals surface area contributed by atoms with E-state index in [4.69, 9.17) is 28.9 Å². The molecule has 2 aliphatic heterocycles. The number of fused-ring (bicyclic) bond motifs is 1. The van der Waals surface area contributed by atoms with Crippen molar-refractivity contribution in [2.45, 2.75) is 84.3 Å². The number of carbonyl (C=O) groups is 1. The van der Waals surface area contributed by atoms with Crippen LogP contribution < -0.4 is 10.1 Å². The van der Waals surface area contributed by atoms with Gasteiger partial charge in [-0.15, -0.1) is 0 Å². The Kier molecular flexibility index (Phi) is 9.29. The number of piperidine rings is 1. The van der Waals surface area contributed by atoms with Crippen LogP contribution in [0.2, 0.25) is 0 Å². The van der Waals surface area contributed by atoms with Crippen LogP contribution in [-0.4, -0.2) is 76.4 Å². The lowest BCUT2D eigenvalue weighted by molar-refractivity contribution is -0.165. The van der Waals surface area contributed by atoms with E-state index in [1.165, 1.54) is 0 Å². The Hall–Kier alpha value is -3.37. The first-order valence-corrected chi connectivity index (χ1v) is 14.8. The summed E-state index contributed by atoms with van der Waals surface area (Å²) in [6, 6.07) is 12.2. The molecular formula is C31H43N5O5. The highest BCUT2D eigenvalue weighted by Gasteiger charge is 2.28. The Morgan fingerprint density at radius 3 is 2.61 bits per heavy atom. The van der Waals surface area contributed by atoms with E-state index in [0.717, 1.165) is 72.8 Å². The number of benzene rings is 1. The first-order valence-electron chi connectivity index (χ1n) is 14.8. The Morgan fingerprint density at radius 1 is 1.05 bits per heavy atom. The summed E-state index contributed by atoms with van der Waals surface area (Å²) in [5, 5.41) is 3.66. The average Bonchev–Trinajstić information content (AvgIpc) is 3.28. The molecule has 4 heterocycles. The molecule has 0 spiro atoms. The standard InChI is InChI=1S/C31H43N5O5/c1-22-12-13-27(38-19-20-40-28-11-7-8-18-39-28)25(32-22)21-36-26-10-6-5-9-24(26)34-29(36)33-23-14-16-35(17-15-23)30(37)41-31(2,3)4/h5-6,9-10,12-13,23,28H,7-8,11,14-21H2,1-4H3,(H,33,34). The highest BCUT2D eigenvalue weighted by molar-refractivity contribution is 5.79. The van der Waals surface area contributed by atoms with Crippen molar-refractivity contribution < 1.29 is 23.7 Å². The second kappa shape index (κ2) is 13.1. The molecule has 222 valence electrons. The quantitative estimate of drug-likeness (QED) is 0.339. The van der Waals surface area contributed by atoms with Crippen molar-refractivity contribution in [2.75, 3.05) is 38.2 Å². The van der Waals surface area contributed by atoms with Crippen LogP contribution in [0.4, 0.5) is 10.7 Å². The van der Waals surface area contributed by atoms with Crippen molar-refractivity contribution in [2.24, 2.45) is 0 Å². The van der Waals surface area contributed by atoms with Gasteiger partial charge in [0.15, 0.2) is 6.29 Å². The molecule has 2 fully saturated rings. The number of likely N-dealkylation sites (tertiary alicyclic amines) is 1. The van der Waals surface area contributed by atoms with E-state index >= 15 is 0 Å². The lowest BCUT2D eigenvalue weighted by Crippen LogP contribution is -2.44. The number of hydrogen-bond donors (Lipinski definition) is 1. The van der Waals surface area contributed by atoms with Crippen LogP contribution in [0.15, 0.2) is 36.4 Å². The monoisotopic (exact) mass is 565 g/mol. The fraction of sp³-hybridized carbons (Fsp3) is 0.581. The Bertz CT molecular complexity index is 1310. The largest absolute Gasteiger partial charge is 0.489 e. The van der Waals surface area contributed by atoms with E-state index in [1.54, 1.807) is 4.90 Å². The van der Waals surface area contributed by atoms with E-state index in [1.807, 2.05) is 58.0 Å². The zero-order chi connectivity index (χ0) is 28.8. The second-order valence-corrected chi connectivity index (χ2v) is 11.8. The number of para-hydroxylation sites is 2. The third-order valence-electron chi connectivity index (χ3n) is 7.30. The van der Waals surface area contributed by atoms with Crippen molar-refractivity contribution >= 4 is 23.1 Å². The molecule has 1 amide bonds. The molecular weight excluding hydrogens is 522 g/mol. The van der Waals surface area contributed by atoms with Gasteiger partial charge in [-0.3, -0.25) is 4.98 Å². The maximum Gasteiger partial charge on any atom is 0.410 e. The zero-order valence-electron chi connectivity index (χ0n) is 24.7. The highest BCUT2D eigenvalue weighted by atomic mass is 16.7. The molecule has 0 radical (unpaired) electrons. The molecule has 5 rings (SSSR count). The zero-order valence-corrected chi connectivity index (χ0v) is 24.7. The van der Waals surface area contributed by atoms with E-state index in [9.17, 15) is 4.79 Å². The molecule has 1 unspecified atom stereocenters. The van der Waals surface area contributed by atoms with Crippen LogP contribution in [0.1, 0.15) is 64.3 Å². The number of pyridine rings is 1. The third kappa shape index (κ3) is 7.89. The number of hydrogen-bond acceptors (Lipinski definition) is 8. The van der Waals surface area contributed by atoms with Gasteiger partial charge in [-0.05, 0) is 84.1 Å². The number of nitrogens with zero attached hydrogens (tertiary/aromatic N) is 4. The number of anilines is 1. The Morgan fingerprint density at radius 2 is 1.85 bits per heavy atom. The summed E-state index contributed by atoms with van der Waals surface area (Å²) < 4.78 is 25.4. The molecule has 0 aliphatic carbocycles. The van der Waals surface area contributed by atoms with Gasteiger partial charge < -0.3 is 33.7 Å². The summed E-state index contributed by atoms with van der Waals surface area (Å²) >= 11 is 0. The first-order chi connectivity index (χ1) is 19.7. The summed E-state index contributed by atoms with van der Waals surface area (Å²) in [6.07, 6.45) is 4.40. The van der Waals surface area contributed by atoms with Crippen LogP contribution >= 0.6 is 0 Å². The van der Waals surface area contributed by atoms with Gasteiger partial charge >= 0.3 is 6.09 Å². The van der Waals surface area contributed by atoms with Crippen LogP contribution in [0.25, 0.3) is 11.0 Å². The molecule has 1 N–H and O–H groups in total. The Balaban J connectivity index is 1.26. The molecule has 2 saturated heterocycles. The number of rotatable bonds is 9. The van der Waals surface area contributed by atoms with Gasteiger partial charge in [0.05, 0.1) is 24.2 Å². The van der Waals surface area contributed by atoms with E-state index in [2.05, 4.69) is 16.0 Å². The van der Waals surface area contributed by atoms with Crippen LogP contribution in [0.5, 0.6) is 5.75 Å². The summed E-state index contributed by atoms with van der Waals surface area (Å²) in [5.74, 6) is 1.52.